The van der Waals surface area contributed by atoms with Gasteiger partial charge in [-0.15, -0.1) is 0 Å². The van der Waals surface area contributed by atoms with E-state index in [1.165, 1.54) is 135 Å². The highest BCUT2D eigenvalue weighted by molar-refractivity contribution is 5.70. The third-order valence-electron chi connectivity index (χ3n) is 8.75. The van der Waals surface area contributed by atoms with Gasteiger partial charge in [-0.2, -0.15) is 0 Å². The number of allylic oxidation sites excluding steroid dienone is 4. The number of hydrogen-bond donors (Lipinski definition) is 1. The van der Waals surface area contributed by atoms with Crippen molar-refractivity contribution in [2.75, 3.05) is 13.2 Å². The maximum Gasteiger partial charge on any atom is 0.306 e. The predicted molar refractivity (Wildman–Crippen MR) is 196 cm³/mol. The Morgan fingerprint density at radius 1 is 0.500 bits per heavy atom. The number of carbonyl (C=O) groups is 2. The summed E-state index contributed by atoms with van der Waals surface area (Å²) in [6.45, 7) is 4.12. The van der Waals surface area contributed by atoms with E-state index in [9.17, 15) is 14.7 Å². The van der Waals surface area contributed by atoms with Crippen LogP contribution in [0, 0.1) is 0 Å². The number of aliphatic hydroxyl groups is 1. The maximum atomic E-state index is 12.1. The van der Waals surface area contributed by atoms with Crippen molar-refractivity contribution >= 4 is 11.9 Å². The standard InChI is InChI=1S/C41H76O5/c1-3-5-7-9-11-13-15-17-18-19-20-21-22-24-25-27-29-31-33-35-40(43)45-38-39(37-42)46-41(44)36-34-32-30-28-26-23-16-14-12-10-8-6-4-2/h11,13,17-18,39,42H,3-10,12,14-16,19-38H2,1-2H3. The van der Waals surface area contributed by atoms with Gasteiger partial charge in [0.2, 0.25) is 0 Å². The molecule has 0 aliphatic heterocycles. The highest BCUT2D eigenvalue weighted by Crippen LogP contribution is 2.14. The Morgan fingerprint density at radius 2 is 0.870 bits per heavy atom. The minimum Gasteiger partial charge on any atom is -0.462 e. The van der Waals surface area contributed by atoms with Gasteiger partial charge in [0.15, 0.2) is 6.10 Å². The molecule has 0 bridgehead atoms. The van der Waals surface area contributed by atoms with Crippen LogP contribution >= 0.6 is 0 Å². The summed E-state index contributed by atoms with van der Waals surface area (Å²) in [7, 11) is 0. The van der Waals surface area contributed by atoms with Crippen molar-refractivity contribution in [2.24, 2.45) is 0 Å². The van der Waals surface area contributed by atoms with Crippen LogP contribution in [0.4, 0.5) is 0 Å². The van der Waals surface area contributed by atoms with Gasteiger partial charge in [0.05, 0.1) is 6.61 Å². The Balaban J connectivity index is 3.53. The number of ether oxygens (including phenoxy) is 2. The lowest BCUT2D eigenvalue weighted by Crippen LogP contribution is -2.28. The lowest BCUT2D eigenvalue weighted by Gasteiger charge is -2.15. The number of esters is 2. The summed E-state index contributed by atoms with van der Waals surface area (Å²) >= 11 is 0. The molecular formula is C41H76O5. The molecule has 0 aromatic rings. The molecule has 1 unspecified atom stereocenters. The smallest absolute Gasteiger partial charge is 0.306 e. The Kier molecular flexibility index (Phi) is 36.5. The van der Waals surface area contributed by atoms with E-state index in [0.29, 0.717) is 12.8 Å². The summed E-state index contributed by atoms with van der Waals surface area (Å²) in [5, 5.41) is 9.54. The lowest BCUT2D eigenvalue weighted by atomic mass is 10.0. The molecule has 0 fully saturated rings. The zero-order valence-corrected chi connectivity index (χ0v) is 30.6. The van der Waals surface area contributed by atoms with Gasteiger partial charge in [0.25, 0.3) is 0 Å². The second-order valence-corrected chi connectivity index (χ2v) is 13.4. The molecule has 0 aromatic carbocycles. The van der Waals surface area contributed by atoms with E-state index in [4.69, 9.17) is 9.47 Å². The van der Waals surface area contributed by atoms with Crippen molar-refractivity contribution in [3.63, 3.8) is 0 Å². The van der Waals surface area contributed by atoms with Crippen LogP contribution in [0.25, 0.3) is 0 Å². The van der Waals surface area contributed by atoms with Gasteiger partial charge < -0.3 is 14.6 Å². The van der Waals surface area contributed by atoms with E-state index in [2.05, 4.69) is 38.2 Å². The average molecular weight is 649 g/mol. The highest BCUT2D eigenvalue weighted by Gasteiger charge is 2.16. The molecule has 0 amide bonds. The van der Waals surface area contributed by atoms with Crippen molar-refractivity contribution in [1.82, 2.24) is 0 Å². The van der Waals surface area contributed by atoms with Gasteiger partial charge in [-0.25, -0.2) is 0 Å². The van der Waals surface area contributed by atoms with Gasteiger partial charge in [-0.05, 0) is 44.9 Å². The number of hydrogen-bond acceptors (Lipinski definition) is 5. The third-order valence-corrected chi connectivity index (χ3v) is 8.75. The van der Waals surface area contributed by atoms with Crippen LogP contribution in [0.15, 0.2) is 24.3 Å². The molecule has 0 radical (unpaired) electrons. The Hall–Kier alpha value is -1.62. The molecular weight excluding hydrogens is 572 g/mol. The molecule has 5 heteroatoms. The van der Waals surface area contributed by atoms with Crippen LogP contribution in [0.5, 0.6) is 0 Å². The minimum absolute atomic E-state index is 0.0638. The predicted octanol–water partition coefficient (Wildman–Crippen LogP) is 12.3. The van der Waals surface area contributed by atoms with Gasteiger partial charge in [-0.1, -0.05) is 173 Å². The van der Waals surface area contributed by atoms with Gasteiger partial charge in [0, 0.05) is 12.8 Å². The molecule has 46 heavy (non-hydrogen) atoms. The van der Waals surface area contributed by atoms with Crippen LogP contribution in [-0.2, 0) is 19.1 Å². The minimum atomic E-state index is -0.767. The molecule has 0 saturated carbocycles. The van der Waals surface area contributed by atoms with Crippen LogP contribution < -0.4 is 0 Å². The fraction of sp³-hybridized carbons (Fsp3) is 0.854. The molecule has 0 aliphatic carbocycles. The fourth-order valence-corrected chi connectivity index (χ4v) is 5.70. The van der Waals surface area contributed by atoms with Crippen molar-refractivity contribution in [2.45, 2.75) is 213 Å². The molecule has 0 aliphatic rings. The van der Waals surface area contributed by atoms with E-state index in [1.54, 1.807) is 0 Å². The number of unbranched alkanes of at least 4 members (excludes halogenated alkanes) is 24. The van der Waals surface area contributed by atoms with E-state index in [1.807, 2.05) is 0 Å². The largest absolute Gasteiger partial charge is 0.462 e. The molecule has 1 N–H and O–H groups in total. The molecule has 270 valence electrons. The average Bonchev–Trinajstić information content (AvgIpc) is 3.06. The second-order valence-electron chi connectivity index (χ2n) is 13.4. The maximum absolute atomic E-state index is 12.1. The monoisotopic (exact) mass is 649 g/mol. The summed E-state index contributed by atoms with van der Waals surface area (Å²) in [6, 6.07) is 0. The first-order chi connectivity index (χ1) is 22.6. The molecule has 0 spiro atoms. The summed E-state index contributed by atoms with van der Waals surface area (Å²) in [4.78, 5) is 24.2. The van der Waals surface area contributed by atoms with Crippen molar-refractivity contribution in [1.29, 1.82) is 0 Å². The van der Waals surface area contributed by atoms with Crippen molar-refractivity contribution < 1.29 is 24.2 Å². The molecule has 0 rings (SSSR count). The lowest BCUT2D eigenvalue weighted by molar-refractivity contribution is -0.161. The fourth-order valence-electron chi connectivity index (χ4n) is 5.70. The van der Waals surface area contributed by atoms with Crippen LogP contribution in [0.2, 0.25) is 0 Å². The highest BCUT2D eigenvalue weighted by atomic mass is 16.6. The topological polar surface area (TPSA) is 72.8 Å². The Bertz CT molecular complexity index is 701. The van der Waals surface area contributed by atoms with Crippen molar-refractivity contribution in [3.05, 3.63) is 24.3 Å². The normalized spacial score (nSPS) is 12.3. The first-order valence-electron chi connectivity index (χ1n) is 19.9. The van der Waals surface area contributed by atoms with E-state index < -0.39 is 6.10 Å². The Labute approximate surface area is 285 Å². The summed E-state index contributed by atoms with van der Waals surface area (Å²) in [5.74, 6) is -0.588. The number of aliphatic hydroxyl groups excluding tert-OH is 1. The zero-order valence-electron chi connectivity index (χ0n) is 30.6. The van der Waals surface area contributed by atoms with Crippen LogP contribution in [-0.4, -0.2) is 36.4 Å². The first kappa shape index (κ1) is 44.4. The van der Waals surface area contributed by atoms with E-state index in [0.717, 1.165) is 44.9 Å². The van der Waals surface area contributed by atoms with Gasteiger partial charge >= 0.3 is 11.9 Å². The molecule has 0 aromatic heterocycles. The van der Waals surface area contributed by atoms with E-state index in [-0.39, 0.29) is 25.2 Å². The summed E-state index contributed by atoms with van der Waals surface area (Å²) in [5.41, 5.74) is 0. The molecule has 0 saturated heterocycles. The molecule has 1 atom stereocenters. The van der Waals surface area contributed by atoms with Crippen molar-refractivity contribution in [3.8, 4) is 0 Å². The molecule has 0 heterocycles. The van der Waals surface area contributed by atoms with Crippen LogP contribution in [0.3, 0.4) is 0 Å². The third kappa shape index (κ3) is 35.2. The van der Waals surface area contributed by atoms with Gasteiger partial charge in [0.1, 0.15) is 6.61 Å². The quantitative estimate of drug-likeness (QED) is 0.0416. The summed E-state index contributed by atoms with van der Waals surface area (Å²) < 4.78 is 10.6. The Morgan fingerprint density at radius 3 is 1.33 bits per heavy atom. The van der Waals surface area contributed by atoms with Crippen LogP contribution in [0.1, 0.15) is 206 Å². The SMILES string of the molecule is CCCCCC=CCC=CCCCCCCCCCCCC(=O)OCC(CO)OC(=O)CCCCCCCCCCCCCCC. The second kappa shape index (κ2) is 37.8. The number of rotatable bonds is 36. The number of carbonyl (C=O) groups excluding carboxylic acids is 2. The zero-order chi connectivity index (χ0) is 33.6. The van der Waals surface area contributed by atoms with Gasteiger partial charge in [-0.3, -0.25) is 9.59 Å². The summed E-state index contributed by atoms with van der Waals surface area (Å²) in [6.07, 6.45) is 43.8. The molecule has 5 nitrogen and oxygen atoms in total. The van der Waals surface area contributed by atoms with E-state index >= 15 is 0 Å². The first-order valence-corrected chi connectivity index (χ1v) is 19.9.